The number of halogens is 1. The van der Waals surface area contributed by atoms with Crippen LogP contribution < -0.4 is 5.32 Å². The molecule has 1 aromatic heterocycles. The monoisotopic (exact) mass is 453 g/mol. The Morgan fingerprint density at radius 1 is 1.12 bits per heavy atom. The summed E-state index contributed by atoms with van der Waals surface area (Å²) in [6, 6.07) is 13.5. The minimum absolute atomic E-state index is 0.0233. The number of benzene rings is 2. The fourth-order valence-corrected chi connectivity index (χ4v) is 4.56. The van der Waals surface area contributed by atoms with E-state index in [2.05, 4.69) is 27.6 Å². The molecular weight excluding hydrogens is 429 g/mol. The third-order valence-electron chi connectivity index (χ3n) is 5.53. The third kappa shape index (κ3) is 4.67. The molecule has 3 aromatic rings. The zero-order valence-corrected chi connectivity index (χ0v) is 18.7. The Kier molecular flexibility index (Phi) is 6.55. The van der Waals surface area contributed by atoms with Crippen molar-refractivity contribution in [2.45, 2.75) is 31.1 Å². The number of nitrogens with zero attached hydrogens (tertiary/aromatic N) is 4. The molecular formula is C23H24FN5O2S. The van der Waals surface area contributed by atoms with Gasteiger partial charge in [-0.25, -0.2) is 4.39 Å². The van der Waals surface area contributed by atoms with E-state index in [-0.39, 0.29) is 17.2 Å². The highest BCUT2D eigenvalue weighted by Gasteiger charge is 2.23. The first kappa shape index (κ1) is 22.0. The summed E-state index contributed by atoms with van der Waals surface area (Å²) in [5, 5.41) is 11.7. The van der Waals surface area contributed by atoms with Gasteiger partial charge in [-0.2, -0.15) is 0 Å². The van der Waals surface area contributed by atoms with E-state index < -0.39 is 17.8 Å². The van der Waals surface area contributed by atoms with Gasteiger partial charge < -0.3 is 14.8 Å². The van der Waals surface area contributed by atoms with Gasteiger partial charge in [-0.15, -0.1) is 10.2 Å². The van der Waals surface area contributed by atoms with Crippen molar-refractivity contribution >= 4 is 23.6 Å². The molecule has 0 aliphatic carbocycles. The average Bonchev–Trinajstić information content (AvgIpc) is 3.17. The van der Waals surface area contributed by atoms with Crippen LogP contribution in [0, 0.1) is 5.82 Å². The second kappa shape index (κ2) is 9.52. The number of nitrogens with one attached hydrogen (secondary N) is 1. The minimum Gasteiger partial charge on any atom is -0.342 e. The van der Waals surface area contributed by atoms with Crippen molar-refractivity contribution in [2.75, 3.05) is 12.3 Å². The maximum absolute atomic E-state index is 13.9. The van der Waals surface area contributed by atoms with Crippen LogP contribution in [0.25, 0.3) is 0 Å². The molecule has 0 radical (unpaired) electrons. The molecule has 0 bridgehead atoms. The molecule has 1 aliphatic heterocycles. The fourth-order valence-electron chi connectivity index (χ4n) is 3.74. The van der Waals surface area contributed by atoms with Crippen LogP contribution >= 0.6 is 11.8 Å². The number of aromatic nitrogens is 3. The van der Waals surface area contributed by atoms with Crippen LogP contribution in [0.3, 0.4) is 0 Å². The summed E-state index contributed by atoms with van der Waals surface area (Å²) < 4.78 is 15.6. The van der Waals surface area contributed by atoms with Crippen LogP contribution in [-0.2, 0) is 24.8 Å². The standard InChI is InChI=1S/C23H24FN5O2S/c1-15(25-22(31)18-9-5-6-10-19(18)24)21-26-27-23(28(21)2)32-14-20(30)29-12-11-16-7-3-4-8-17(16)13-29/h3-10,15H,11-14H2,1-2H3,(H,25,31)/t15-/m0/s1. The summed E-state index contributed by atoms with van der Waals surface area (Å²) in [6.07, 6.45) is 0.861. The molecule has 0 saturated heterocycles. The topological polar surface area (TPSA) is 80.1 Å². The lowest BCUT2D eigenvalue weighted by Gasteiger charge is -2.28. The summed E-state index contributed by atoms with van der Waals surface area (Å²) in [4.78, 5) is 27.0. The van der Waals surface area contributed by atoms with Crippen molar-refractivity contribution in [3.05, 3.63) is 76.9 Å². The predicted octanol–water partition coefficient (Wildman–Crippen LogP) is 3.12. The Hall–Kier alpha value is -3.20. The van der Waals surface area contributed by atoms with E-state index in [9.17, 15) is 14.0 Å². The Labute approximate surface area is 190 Å². The smallest absolute Gasteiger partial charge is 0.254 e. The molecule has 1 N–H and O–H groups in total. The highest BCUT2D eigenvalue weighted by atomic mass is 32.2. The molecule has 0 spiro atoms. The lowest BCUT2D eigenvalue weighted by Crippen LogP contribution is -2.37. The molecule has 1 aliphatic rings. The lowest BCUT2D eigenvalue weighted by molar-refractivity contribution is -0.129. The summed E-state index contributed by atoms with van der Waals surface area (Å²) in [6.45, 7) is 3.09. The second-order valence-electron chi connectivity index (χ2n) is 7.70. The van der Waals surface area contributed by atoms with Gasteiger partial charge in [-0.3, -0.25) is 9.59 Å². The van der Waals surface area contributed by atoms with Crippen LogP contribution in [0.2, 0.25) is 0 Å². The first-order valence-corrected chi connectivity index (χ1v) is 11.3. The first-order chi connectivity index (χ1) is 15.4. The second-order valence-corrected chi connectivity index (χ2v) is 8.64. The predicted molar refractivity (Wildman–Crippen MR) is 120 cm³/mol. The van der Waals surface area contributed by atoms with E-state index in [1.54, 1.807) is 24.6 Å². The largest absolute Gasteiger partial charge is 0.342 e. The summed E-state index contributed by atoms with van der Waals surface area (Å²) in [7, 11) is 1.78. The van der Waals surface area contributed by atoms with Gasteiger partial charge in [0.05, 0.1) is 17.4 Å². The van der Waals surface area contributed by atoms with E-state index in [0.29, 0.717) is 24.1 Å². The van der Waals surface area contributed by atoms with Crippen LogP contribution in [0.5, 0.6) is 0 Å². The van der Waals surface area contributed by atoms with Gasteiger partial charge in [0.2, 0.25) is 5.91 Å². The van der Waals surface area contributed by atoms with Gasteiger partial charge >= 0.3 is 0 Å². The van der Waals surface area contributed by atoms with Crippen LogP contribution in [0.4, 0.5) is 4.39 Å². The summed E-state index contributed by atoms with van der Waals surface area (Å²) in [5.74, 6) is -0.269. The number of carbonyl (C=O) groups excluding carboxylic acids is 2. The Balaban J connectivity index is 1.35. The van der Waals surface area contributed by atoms with Gasteiger partial charge in [0, 0.05) is 20.1 Å². The van der Waals surface area contributed by atoms with Crippen LogP contribution in [0.1, 0.15) is 40.3 Å². The normalized spacial score (nSPS) is 14.0. The molecule has 2 aromatic carbocycles. The van der Waals surface area contributed by atoms with Gasteiger partial charge in [-0.05, 0) is 36.6 Å². The van der Waals surface area contributed by atoms with E-state index in [1.807, 2.05) is 17.0 Å². The molecule has 2 heterocycles. The minimum atomic E-state index is -0.578. The zero-order chi connectivity index (χ0) is 22.7. The molecule has 0 unspecified atom stereocenters. The van der Waals surface area contributed by atoms with Crippen molar-refractivity contribution < 1.29 is 14.0 Å². The number of hydrogen-bond acceptors (Lipinski definition) is 5. The van der Waals surface area contributed by atoms with Gasteiger partial charge in [0.1, 0.15) is 5.82 Å². The van der Waals surface area contributed by atoms with Gasteiger partial charge in [0.25, 0.3) is 5.91 Å². The Morgan fingerprint density at radius 3 is 2.62 bits per heavy atom. The molecule has 32 heavy (non-hydrogen) atoms. The van der Waals surface area contributed by atoms with Gasteiger partial charge in [0.15, 0.2) is 11.0 Å². The van der Waals surface area contributed by atoms with E-state index in [0.717, 1.165) is 6.42 Å². The van der Waals surface area contributed by atoms with E-state index >= 15 is 0 Å². The van der Waals surface area contributed by atoms with E-state index in [4.69, 9.17) is 0 Å². The van der Waals surface area contributed by atoms with Crippen molar-refractivity contribution in [3.63, 3.8) is 0 Å². The van der Waals surface area contributed by atoms with Crippen molar-refractivity contribution in [1.29, 1.82) is 0 Å². The van der Waals surface area contributed by atoms with Crippen molar-refractivity contribution in [3.8, 4) is 0 Å². The molecule has 0 saturated carbocycles. The summed E-state index contributed by atoms with van der Waals surface area (Å²) in [5.41, 5.74) is 2.47. The lowest BCUT2D eigenvalue weighted by atomic mass is 10.00. The quantitative estimate of drug-likeness (QED) is 0.580. The number of fused-ring (bicyclic) bond motifs is 1. The molecule has 166 valence electrons. The molecule has 2 amide bonds. The summed E-state index contributed by atoms with van der Waals surface area (Å²) >= 11 is 1.31. The maximum Gasteiger partial charge on any atom is 0.254 e. The average molecular weight is 454 g/mol. The highest BCUT2D eigenvalue weighted by Crippen LogP contribution is 2.23. The van der Waals surface area contributed by atoms with Crippen molar-refractivity contribution in [1.82, 2.24) is 25.0 Å². The number of amides is 2. The number of hydrogen-bond donors (Lipinski definition) is 1. The van der Waals surface area contributed by atoms with Gasteiger partial charge in [-0.1, -0.05) is 48.2 Å². The SMILES string of the molecule is C[C@H](NC(=O)c1ccccc1F)c1nnc(SCC(=O)N2CCc3ccccc3C2)n1C. The molecule has 0 fully saturated rings. The number of thioether (sulfide) groups is 1. The Morgan fingerprint density at radius 2 is 1.84 bits per heavy atom. The number of carbonyl (C=O) groups is 2. The molecule has 4 rings (SSSR count). The first-order valence-electron chi connectivity index (χ1n) is 10.4. The van der Waals surface area contributed by atoms with Crippen LogP contribution in [-0.4, -0.2) is 43.8 Å². The van der Waals surface area contributed by atoms with Crippen molar-refractivity contribution in [2.24, 2.45) is 7.05 Å². The molecule has 1 atom stereocenters. The molecule has 7 nitrogen and oxygen atoms in total. The highest BCUT2D eigenvalue weighted by molar-refractivity contribution is 7.99. The number of rotatable bonds is 6. The Bertz CT molecular complexity index is 1150. The van der Waals surface area contributed by atoms with E-state index in [1.165, 1.54) is 41.1 Å². The molecule has 9 heteroatoms. The maximum atomic E-state index is 13.9. The fraction of sp³-hybridized carbons (Fsp3) is 0.304. The van der Waals surface area contributed by atoms with Crippen LogP contribution in [0.15, 0.2) is 53.7 Å². The zero-order valence-electron chi connectivity index (χ0n) is 17.9. The third-order valence-corrected chi connectivity index (χ3v) is 6.54.